The van der Waals surface area contributed by atoms with Crippen molar-refractivity contribution in [3.63, 3.8) is 0 Å². The van der Waals surface area contributed by atoms with E-state index < -0.39 is 17.8 Å². The number of nitrogens with one attached hydrogen (secondary N) is 1. The number of carbonyl (C=O) groups excluding carboxylic acids is 1. The second-order valence-corrected chi connectivity index (χ2v) is 9.11. The van der Waals surface area contributed by atoms with Crippen LogP contribution in [0.15, 0.2) is 22.6 Å². The van der Waals surface area contributed by atoms with E-state index in [1.165, 1.54) is 24.5 Å². The van der Waals surface area contributed by atoms with Gasteiger partial charge in [0.15, 0.2) is 5.17 Å². The SMILES string of the molecule is Cc1cc(OC(C)F)cnc1C(=O)Nc1csc(C23COCCC2CSC(N)=N3)n1. The van der Waals surface area contributed by atoms with E-state index in [0.717, 1.165) is 17.2 Å². The van der Waals surface area contributed by atoms with Crippen LogP contribution in [0.3, 0.4) is 0 Å². The van der Waals surface area contributed by atoms with Gasteiger partial charge in [0.1, 0.15) is 27.8 Å². The topological polar surface area (TPSA) is 112 Å². The fourth-order valence-electron chi connectivity index (χ4n) is 3.60. The molecule has 4 heterocycles. The molecule has 30 heavy (non-hydrogen) atoms. The molecule has 2 aromatic rings. The van der Waals surface area contributed by atoms with Crippen LogP contribution in [0, 0.1) is 12.8 Å². The zero-order valence-electron chi connectivity index (χ0n) is 16.6. The van der Waals surface area contributed by atoms with Gasteiger partial charge in [-0.2, -0.15) is 0 Å². The highest BCUT2D eigenvalue weighted by atomic mass is 32.2. The second kappa shape index (κ2) is 8.48. The molecule has 3 N–H and O–H groups in total. The maximum absolute atomic E-state index is 13.0. The van der Waals surface area contributed by atoms with Crippen molar-refractivity contribution in [2.45, 2.75) is 32.2 Å². The van der Waals surface area contributed by atoms with Crippen molar-refractivity contribution < 1.29 is 18.7 Å². The largest absolute Gasteiger partial charge is 0.459 e. The third-order valence-corrected chi connectivity index (χ3v) is 7.00. The molecule has 4 rings (SSSR count). The van der Waals surface area contributed by atoms with Crippen LogP contribution < -0.4 is 15.8 Å². The summed E-state index contributed by atoms with van der Waals surface area (Å²) in [6.07, 6.45) is 0.756. The predicted molar refractivity (Wildman–Crippen MR) is 115 cm³/mol. The van der Waals surface area contributed by atoms with Crippen molar-refractivity contribution in [3.8, 4) is 5.75 Å². The van der Waals surface area contributed by atoms with Gasteiger partial charge >= 0.3 is 0 Å². The summed E-state index contributed by atoms with van der Waals surface area (Å²) < 4.78 is 23.7. The lowest BCUT2D eigenvalue weighted by atomic mass is 9.82. The molecule has 0 saturated carbocycles. The fourth-order valence-corrected chi connectivity index (χ4v) is 5.60. The minimum absolute atomic E-state index is 0.219. The molecule has 0 radical (unpaired) electrons. The van der Waals surface area contributed by atoms with Crippen molar-refractivity contribution in [2.75, 3.05) is 24.3 Å². The number of pyridine rings is 1. The standard InChI is InChI=1S/C19H22FN5O3S2/c1-10-5-13(28-11(2)20)6-22-15(10)16(26)23-14-8-29-17(24-14)19-9-27-4-3-12(19)7-30-18(21)25-19/h5-6,8,11-12H,3-4,7,9H2,1-2H3,(H2,21,25)(H,23,26). The third-order valence-electron chi connectivity index (χ3n) is 5.03. The molecule has 2 aliphatic rings. The minimum Gasteiger partial charge on any atom is -0.459 e. The average Bonchev–Trinajstić information content (AvgIpc) is 3.16. The van der Waals surface area contributed by atoms with E-state index in [1.807, 2.05) is 0 Å². The molecule has 3 atom stereocenters. The molecule has 160 valence electrons. The van der Waals surface area contributed by atoms with Gasteiger partial charge < -0.3 is 20.5 Å². The molecule has 8 nitrogen and oxygen atoms in total. The number of fused-ring (bicyclic) bond motifs is 1. The first kappa shape index (κ1) is 21.0. The first-order valence-corrected chi connectivity index (χ1v) is 11.3. The van der Waals surface area contributed by atoms with Crippen LogP contribution in [0.4, 0.5) is 10.2 Å². The monoisotopic (exact) mass is 451 g/mol. The van der Waals surface area contributed by atoms with Crippen molar-refractivity contribution in [1.29, 1.82) is 0 Å². The summed E-state index contributed by atoms with van der Waals surface area (Å²) in [6.45, 7) is 4.11. The Labute approximate surface area is 181 Å². The Bertz CT molecular complexity index is 983. The number of nitrogens with two attached hydrogens (primary N) is 1. The van der Waals surface area contributed by atoms with Crippen LogP contribution in [-0.4, -0.2) is 46.4 Å². The third kappa shape index (κ3) is 4.14. The van der Waals surface area contributed by atoms with Gasteiger partial charge in [0.25, 0.3) is 5.91 Å². The first-order chi connectivity index (χ1) is 14.4. The lowest BCUT2D eigenvalue weighted by molar-refractivity contribution is 0.00448. The molecule has 1 saturated heterocycles. The number of aryl methyl sites for hydroxylation is 1. The van der Waals surface area contributed by atoms with E-state index in [2.05, 4.69) is 15.3 Å². The van der Waals surface area contributed by atoms with Crippen molar-refractivity contribution in [1.82, 2.24) is 9.97 Å². The number of nitrogens with zero attached hydrogens (tertiary/aromatic N) is 3. The van der Waals surface area contributed by atoms with Crippen LogP contribution in [0.1, 0.15) is 34.4 Å². The smallest absolute Gasteiger partial charge is 0.275 e. The van der Waals surface area contributed by atoms with E-state index in [-0.39, 0.29) is 17.4 Å². The number of hydrogen-bond donors (Lipinski definition) is 2. The number of halogens is 1. The van der Waals surface area contributed by atoms with Crippen molar-refractivity contribution in [2.24, 2.45) is 16.6 Å². The Kier molecular flexibility index (Phi) is 5.94. The summed E-state index contributed by atoms with van der Waals surface area (Å²) in [5.41, 5.74) is 6.20. The van der Waals surface area contributed by atoms with E-state index >= 15 is 0 Å². The summed E-state index contributed by atoms with van der Waals surface area (Å²) in [5, 5.41) is 5.86. The number of amides is 1. The predicted octanol–water partition coefficient (Wildman–Crippen LogP) is 3.09. The number of aliphatic imine (C=N–C) groups is 1. The minimum atomic E-state index is -1.46. The number of thiazole rings is 1. The number of hydrogen-bond acceptors (Lipinski definition) is 9. The second-order valence-electron chi connectivity index (χ2n) is 7.21. The van der Waals surface area contributed by atoms with Gasteiger partial charge in [0.2, 0.25) is 6.36 Å². The summed E-state index contributed by atoms with van der Waals surface area (Å²) in [6, 6.07) is 1.57. The Hall–Kier alpha value is -2.24. The maximum atomic E-state index is 13.0. The van der Waals surface area contributed by atoms with Crippen molar-refractivity contribution in [3.05, 3.63) is 33.9 Å². The molecular weight excluding hydrogens is 429 g/mol. The molecule has 2 aliphatic heterocycles. The van der Waals surface area contributed by atoms with E-state index in [1.54, 1.807) is 30.1 Å². The Morgan fingerprint density at radius 1 is 1.53 bits per heavy atom. The number of ether oxygens (including phenoxy) is 2. The van der Waals surface area contributed by atoms with Crippen LogP contribution in [0.2, 0.25) is 0 Å². The van der Waals surface area contributed by atoms with Crippen LogP contribution >= 0.6 is 23.1 Å². The molecule has 1 fully saturated rings. The van der Waals surface area contributed by atoms with E-state index in [0.29, 0.717) is 29.8 Å². The molecular formula is C19H22FN5O3S2. The molecule has 0 bridgehead atoms. The summed E-state index contributed by atoms with van der Waals surface area (Å²) in [4.78, 5) is 26.1. The highest BCUT2D eigenvalue weighted by molar-refractivity contribution is 8.13. The number of carbonyl (C=O) groups is 1. The van der Waals surface area contributed by atoms with Gasteiger partial charge in [-0.25, -0.2) is 19.4 Å². The van der Waals surface area contributed by atoms with E-state index in [9.17, 15) is 9.18 Å². The number of thioether (sulfide) groups is 1. The van der Waals surface area contributed by atoms with Crippen LogP contribution in [0.5, 0.6) is 5.75 Å². The molecule has 11 heteroatoms. The number of aromatic nitrogens is 2. The lowest BCUT2D eigenvalue weighted by Gasteiger charge is -2.41. The van der Waals surface area contributed by atoms with Gasteiger partial charge in [-0.05, 0) is 25.0 Å². The maximum Gasteiger partial charge on any atom is 0.275 e. The molecule has 1 amide bonds. The van der Waals surface area contributed by atoms with Crippen LogP contribution in [0.25, 0.3) is 0 Å². The lowest BCUT2D eigenvalue weighted by Crippen LogP contribution is -2.47. The van der Waals surface area contributed by atoms with Gasteiger partial charge in [-0.3, -0.25) is 4.79 Å². The zero-order chi connectivity index (χ0) is 21.3. The van der Waals surface area contributed by atoms with Gasteiger partial charge in [0.05, 0.1) is 12.8 Å². The number of amidine groups is 1. The number of alkyl halides is 1. The summed E-state index contributed by atoms with van der Waals surface area (Å²) in [5.74, 6) is 1.44. The molecule has 0 aliphatic carbocycles. The molecule has 0 spiro atoms. The normalized spacial score (nSPS) is 24.5. The summed E-state index contributed by atoms with van der Waals surface area (Å²) in [7, 11) is 0. The Morgan fingerprint density at radius 2 is 2.37 bits per heavy atom. The quantitative estimate of drug-likeness (QED) is 0.718. The van der Waals surface area contributed by atoms with Crippen LogP contribution in [-0.2, 0) is 10.3 Å². The van der Waals surface area contributed by atoms with Crippen molar-refractivity contribution >= 4 is 40.0 Å². The number of anilines is 1. The number of rotatable bonds is 5. The van der Waals surface area contributed by atoms with E-state index in [4.69, 9.17) is 20.2 Å². The highest BCUT2D eigenvalue weighted by Crippen LogP contribution is 2.45. The highest BCUT2D eigenvalue weighted by Gasteiger charge is 2.47. The zero-order valence-corrected chi connectivity index (χ0v) is 18.2. The van der Waals surface area contributed by atoms with Gasteiger partial charge in [-0.1, -0.05) is 11.8 Å². The van der Waals surface area contributed by atoms with Gasteiger partial charge in [-0.15, -0.1) is 11.3 Å². The molecule has 0 aromatic carbocycles. The first-order valence-electron chi connectivity index (χ1n) is 9.48. The Morgan fingerprint density at radius 3 is 3.13 bits per heavy atom. The molecule has 3 unspecified atom stereocenters. The summed E-state index contributed by atoms with van der Waals surface area (Å²) >= 11 is 2.98. The molecule has 2 aromatic heterocycles. The Balaban J connectivity index is 1.53. The fraction of sp³-hybridized carbons (Fsp3) is 0.474. The average molecular weight is 452 g/mol. The van der Waals surface area contributed by atoms with Gasteiger partial charge in [0, 0.05) is 30.6 Å².